The maximum Gasteiger partial charge on any atom is 0.261 e. The average molecular weight is 344 g/mol. The van der Waals surface area contributed by atoms with E-state index in [1.807, 2.05) is 6.92 Å². The van der Waals surface area contributed by atoms with Gasteiger partial charge in [-0.1, -0.05) is 17.7 Å². The number of rotatable bonds is 4. The Morgan fingerprint density at radius 3 is 2.42 bits per heavy atom. The Kier molecular flexibility index (Phi) is 4.02. The van der Waals surface area contributed by atoms with Crippen LogP contribution in [-0.2, 0) is 10.0 Å². The summed E-state index contributed by atoms with van der Waals surface area (Å²) in [7, 11) is -2.30. The molecule has 0 aliphatic rings. The summed E-state index contributed by atoms with van der Waals surface area (Å²) in [6.07, 6.45) is 0. The van der Waals surface area contributed by atoms with Crippen molar-refractivity contribution >= 4 is 26.6 Å². The summed E-state index contributed by atoms with van der Waals surface area (Å²) in [6, 6.07) is 12.7. The number of hydrogen-bond donors (Lipinski definition) is 2. The van der Waals surface area contributed by atoms with E-state index < -0.39 is 10.0 Å². The van der Waals surface area contributed by atoms with Gasteiger partial charge in [0.25, 0.3) is 10.0 Å². The summed E-state index contributed by atoms with van der Waals surface area (Å²) >= 11 is 0. The Morgan fingerprint density at radius 2 is 1.75 bits per heavy atom. The van der Waals surface area contributed by atoms with Crippen molar-refractivity contribution in [3.8, 4) is 5.75 Å². The highest BCUT2D eigenvalue weighted by atomic mass is 32.2. The molecule has 0 fully saturated rings. The molecule has 6 nitrogen and oxygen atoms in total. The fourth-order valence-electron chi connectivity index (χ4n) is 2.36. The molecule has 124 valence electrons. The smallest absolute Gasteiger partial charge is 0.261 e. The van der Waals surface area contributed by atoms with E-state index in [2.05, 4.69) is 9.71 Å². The van der Waals surface area contributed by atoms with Gasteiger partial charge in [0.1, 0.15) is 5.75 Å². The molecule has 0 bridgehead atoms. The zero-order chi connectivity index (χ0) is 17.3. The van der Waals surface area contributed by atoms with E-state index >= 15 is 0 Å². The van der Waals surface area contributed by atoms with Crippen molar-refractivity contribution < 1.29 is 13.2 Å². The summed E-state index contributed by atoms with van der Waals surface area (Å²) in [4.78, 5) is 14.4. The van der Waals surface area contributed by atoms with Gasteiger partial charge in [-0.25, -0.2) is 8.42 Å². The summed E-state index contributed by atoms with van der Waals surface area (Å²) in [5, 5.41) is 0.663. The average Bonchev–Trinajstić information content (AvgIpc) is 2.55. The van der Waals surface area contributed by atoms with Gasteiger partial charge in [-0.15, -0.1) is 0 Å². The first-order chi connectivity index (χ1) is 11.4. The lowest BCUT2D eigenvalue weighted by molar-refractivity contribution is 0.415. The molecule has 3 aromatic rings. The first-order valence-corrected chi connectivity index (χ1v) is 8.68. The third-order valence-electron chi connectivity index (χ3n) is 3.62. The number of fused-ring (bicyclic) bond motifs is 1. The van der Waals surface area contributed by atoms with Gasteiger partial charge in [-0.3, -0.25) is 9.52 Å². The van der Waals surface area contributed by atoms with Crippen LogP contribution in [0.3, 0.4) is 0 Å². The largest absolute Gasteiger partial charge is 0.497 e. The first-order valence-electron chi connectivity index (χ1n) is 7.19. The van der Waals surface area contributed by atoms with Crippen LogP contribution in [0.1, 0.15) is 5.56 Å². The fraction of sp³-hybridized carbons (Fsp3) is 0.118. The van der Waals surface area contributed by atoms with Crippen molar-refractivity contribution in [2.24, 2.45) is 0 Å². The van der Waals surface area contributed by atoms with Gasteiger partial charge in [0.05, 0.1) is 23.2 Å². The number of H-pyrrole nitrogens is 1. The normalized spacial score (nSPS) is 11.4. The zero-order valence-electron chi connectivity index (χ0n) is 13.2. The Morgan fingerprint density at radius 1 is 1.04 bits per heavy atom. The van der Waals surface area contributed by atoms with E-state index in [-0.39, 0.29) is 16.1 Å². The van der Waals surface area contributed by atoms with E-state index in [4.69, 9.17) is 4.74 Å². The number of pyridine rings is 1. The zero-order valence-corrected chi connectivity index (χ0v) is 14.0. The summed E-state index contributed by atoms with van der Waals surface area (Å²) in [5.74, 6) is 0.483. The molecule has 0 saturated carbocycles. The van der Waals surface area contributed by atoms with Crippen LogP contribution in [0.25, 0.3) is 10.9 Å². The van der Waals surface area contributed by atoms with Crippen LogP contribution < -0.4 is 15.0 Å². The third kappa shape index (κ3) is 3.11. The number of aromatic nitrogens is 1. The fourth-order valence-corrected chi connectivity index (χ4v) is 3.42. The molecule has 1 aromatic heterocycles. The number of methoxy groups -OCH3 is 1. The SMILES string of the molecule is COc1cc(NS(=O)(=O)c2ccc(C)cc2)c2[nH]c(=O)ccc2c1. The van der Waals surface area contributed by atoms with E-state index in [0.29, 0.717) is 16.7 Å². The molecule has 0 unspecified atom stereocenters. The monoisotopic (exact) mass is 344 g/mol. The highest BCUT2D eigenvalue weighted by Crippen LogP contribution is 2.29. The van der Waals surface area contributed by atoms with E-state index in [1.165, 1.54) is 31.4 Å². The molecule has 0 amide bonds. The molecule has 0 radical (unpaired) electrons. The second-order valence-electron chi connectivity index (χ2n) is 5.38. The number of benzene rings is 2. The van der Waals surface area contributed by atoms with Gasteiger partial charge in [-0.2, -0.15) is 0 Å². The molecule has 1 heterocycles. The molecule has 7 heteroatoms. The van der Waals surface area contributed by atoms with Gasteiger partial charge in [0, 0.05) is 17.5 Å². The van der Waals surface area contributed by atoms with Crippen molar-refractivity contribution in [1.29, 1.82) is 0 Å². The van der Waals surface area contributed by atoms with Gasteiger partial charge >= 0.3 is 0 Å². The van der Waals surface area contributed by atoms with Crippen LogP contribution >= 0.6 is 0 Å². The van der Waals surface area contributed by atoms with Crippen LogP contribution in [0, 0.1) is 6.92 Å². The number of ether oxygens (including phenoxy) is 1. The van der Waals surface area contributed by atoms with Gasteiger partial charge in [0.2, 0.25) is 5.56 Å². The van der Waals surface area contributed by atoms with Crippen molar-refractivity contribution in [1.82, 2.24) is 4.98 Å². The van der Waals surface area contributed by atoms with Gasteiger partial charge < -0.3 is 9.72 Å². The quantitative estimate of drug-likeness (QED) is 0.761. The standard InChI is InChI=1S/C17H16N2O4S/c1-11-3-6-14(7-4-11)24(21,22)19-15-10-13(23-2)9-12-5-8-16(20)18-17(12)15/h3-10,19H,1-2H3,(H,18,20). The molecule has 2 aromatic carbocycles. The van der Waals surface area contributed by atoms with Crippen LogP contribution in [0.2, 0.25) is 0 Å². The predicted octanol–water partition coefficient (Wildman–Crippen LogP) is 2.65. The Labute approximate surface area is 139 Å². The predicted molar refractivity (Wildman–Crippen MR) is 93.1 cm³/mol. The van der Waals surface area contributed by atoms with Crippen molar-refractivity contribution in [2.75, 3.05) is 11.8 Å². The van der Waals surface area contributed by atoms with E-state index in [9.17, 15) is 13.2 Å². The topological polar surface area (TPSA) is 88.3 Å². The molecule has 3 rings (SSSR count). The van der Waals surface area contributed by atoms with Crippen LogP contribution in [0.15, 0.2) is 58.2 Å². The molecule has 0 atom stereocenters. The lowest BCUT2D eigenvalue weighted by Gasteiger charge is -2.12. The number of aromatic amines is 1. The number of aryl methyl sites for hydroxylation is 1. The minimum absolute atomic E-state index is 0.141. The minimum atomic E-state index is -3.79. The van der Waals surface area contributed by atoms with Crippen molar-refractivity contribution in [3.63, 3.8) is 0 Å². The number of anilines is 1. The second-order valence-corrected chi connectivity index (χ2v) is 7.06. The Bertz CT molecular complexity index is 1050. The highest BCUT2D eigenvalue weighted by Gasteiger charge is 2.16. The molecular weight excluding hydrogens is 328 g/mol. The number of sulfonamides is 1. The van der Waals surface area contributed by atoms with Crippen LogP contribution in [0.5, 0.6) is 5.75 Å². The Balaban J connectivity index is 2.13. The van der Waals surface area contributed by atoms with Gasteiger partial charge in [-0.05, 0) is 31.2 Å². The lowest BCUT2D eigenvalue weighted by Crippen LogP contribution is -2.14. The Hall–Kier alpha value is -2.80. The van der Waals surface area contributed by atoms with Gasteiger partial charge in [0.15, 0.2) is 0 Å². The summed E-state index contributed by atoms with van der Waals surface area (Å²) in [5.41, 5.74) is 1.30. The molecule has 24 heavy (non-hydrogen) atoms. The van der Waals surface area contributed by atoms with Crippen LogP contribution in [-0.4, -0.2) is 20.5 Å². The third-order valence-corrected chi connectivity index (χ3v) is 5.00. The maximum atomic E-state index is 12.6. The van der Waals surface area contributed by atoms with Crippen molar-refractivity contribution in [2.45, 2.75) is 11.8 Å². The molecule has 2 N–H and O–H groups in total. The summed E-state index contributed by atoms with van der Waals surface area (Å²) < 4.78 is 32.9. The molecule has 0 aliphatic carbocycles. The second kappa shape index (κ2) is 6.01. The molecule has 0 spiro atoms. The van der Waals surface area contributed by atoms with E-state index in [0.717, 1.165) is 5.56 Å². The van der Waals surface area contributed by atoms with E-state index in [1.54, 1.807) is 24.3 Å². The minimum Gasteiger partial charge on any atom is -0.497 e. The number of nitrogens with one attached hydrogen (secondary N) is 2. The molecule has 0 saturated heterocycles. The first kappa shape index (κ1) is 16.1. The summed E-state index contributed by atoms with van der Waals surface area (Å²) in [6.45, 7) is 1.88. The number of hydrogen-bond acceptors (Lipinski definition) is 4. The maximum absolute atomic E-state index is 12.6. The lowest BCUT2D eigenvalue weighted by atomic mass is 10.2. The highest BCUT2D eigenvalue weighted by molar-refractivity contribution is 7.92. The van der Waals surface area contributed by atoms with Crippen molar-refractivity contribution in [3.05, 3.63) is 64.4 Å². The molecular formula is C17H16N2O4S. The van der Waals surface area contributed by atoms with Crippen LogP contribution in [0.4, 0.5) is 5.69 Å². The molecule has 0 aliphatic heterocycles.